The quantitative estimate of drug-likeness (QED) is 0.500. The standard InChI is InChI=1S/C23H18N2O2/c1-16-13-19(23(26)27)9-11-22(16)24-15-21-7-4-12-25(21)20-10-8-17-5-2-3-6-18(17)14-20/h2-15H,1H3,(H,26,27). The van der Waals surface area contributed by atoms with Crippen molar-refractivity contribution in [2.45, 2.75) is 6.92 Å². The van der Waals surface area contributed by atoms with Crippen molar-refractivity contribution in [1.29, 1.82) is 0 Å². The van der Waals surface area contributed by atoms with Gasteiger partial charge in [0, 0.05) is 11.9 Å². The first-order valence-electron chi connectivity index (χ1n) is 8.66. The number of aryl methyl sites for hydroxylation is 1. The Morgan fingerprint density at radius 2 is 1.78 bits per heavy atom. The number of carboxylic acid groups (broad SMARTS) is 1. The number of rotatable bonds is 4. The van der Waals surface area contributed by atoms with Crippen molar-refractivity contribution in [2.75, 3.05) is 0 Å². The summed E-state index contributed by atoms with van der Waals surface area (Å²) in [6.45, 7) is 1.86. The molecule has 4 aromatic rings. The SMILES string of the molecule is Cc1cc(C(=O)O)ccc1N=Cc1cccn1-c1ccc2ccccc2c1. The zero-order chi connectivity index (χ0) is 18.8. The summed E-state index contributed by atoms with van der Waals surface area (Å²) in [7, 11) is 0. The van der Waals surface area contributed by atoms with Crippen LogP contribution in [0.5, 0.6) is 0 Å². The number of aliphatic imine (C=N–C) groups is 1. The van der Waals surface area contributed by atoms with Crippen LogP contribution in [-0.2, 0) is 0 Å². The maximum atomic E-state index is 11.1. The van der Waals surface area contributed by atoms with Crippen LogP contribution >= 0.6 is 0 Å². The highest BCUT2D eigenvalue weighted by atomic mass is 16.4. The molecule has 0 aliphatic rings. The zero-order valence-corrected chi connectivity index (χ0v) is 14.8. The van der Waals surface area contributed by atoms with Crippen molar-refractivity contribution in [1.82, 2.24) is 4.57 Å². The number of carbonyl (C=O) groups is 1. The van der Waals surface area contributed by atoms with Gasteiger partial charge in [0.2, 0.25) is 0 Å². The highest BCUT2D eigenvalue weighted by Gasteiger charge is 2.06. The van der Waals surface area contributed by atoms with Gasteiger partial charge in [0.05, 0.1) is 23.2 Å². The monoisotopic (exact) mass is 354 g/mol. The van der Waals surface area contributed by atoms with E-state index in [2.05, 4.69) is 39.9 Å². The van der Waals surface area contributed by atoms with E-state index in [1.165, 1.54) is 10.8 Å². The summed E-state index contributed by atoms with van der Waals surface area (Å²) >= 11 is 0. The molecule has 1 heterocycles. The fourth-order valence-corrected chi connectivity index (χ4v) is 3.13. The molecule has 1 N–H and O–H groups in total. The van der Waals surface area contributed by atoms with Crippen molar-refractivity contribution >= 4 is 28.6 Å². The van der Waals surface area contributed by atoms with Crippen molar-refractivity contribution in [3.05, 3.63) is 95.8 Å². The molecule has 4 heteroatoms. The molecule has 0 radical (unpaired) electrons. The molecule has 0 atom stereocenters. The molecule has 0 fully saturated rings. The second-order valence-electron chi connectivity index (χ2n) is 6.40. The Bertz CT molecular complexity index is 1170. The van der Waals surface area contributed by atoms with E-state index in [0.717, 1.165) is 22.6 Å². The molecular formula is C23H18N2O2. The van der Waals surface area contributed by atoms with Crippen LogP contribution < -0.4 is 0 Å². The van der Waals surface area contributed by atoms with Gasteiger partial charge in [0.15, 0.2) is 0 Å². The average molecular weight is 354 g/mol. The van der Waals surface area contributed by atoms with Gasteiger partial charge in [0.25, 0.3) is 0 Å². The lowest BCUT2D eigenvalue weighted by molar-refractivity contribution is 0.0697. The van der Waals surface area contributed by atoms with E-state index in [-0.39, 0.29) is 5.56 Å². The van der Waals surface area contributed by atoms with Crippen molar-refractivity contribution in [3.8, 4) is 5.69 Å². The summed E-state index contributed by atoms with van der Waals surface area (Å²) in [4.78, 5) is 15.6. The maximum Gasteiger partial charge on any atom is 0.335 e. The van der Waals surface area contributed by atoms with Gasteiger partial charge in [-0.2, -0.15) is 0 Å². The molecule has 3 aromatic carbocycles. The number of benzene rings is 3. The van der Waals surface area contributed by atoms with E-state index >= 15 is 0 Å². The summed E-state index contributed by atoms with van der Waals surface area (Å²) in [5.41, 5.74) is 3.87. The summed E-state index contributed by atoms with van der Waals surface area (Å²) < 4.78 is 2.08. The summed E-state index contributed by atoms with van der Waals surface area (Å²) in [6, 6.07) is 23.6. The van der Waals surface area contributed by atoms with E-state index in [1.54, 1.807) is 24.4 Å². The smallest absolute Gasteiger partial charge is 0.335 e. The third kappa shape index (κ3) is 3.37. The van der Waals surface area contributed by atoms with Gasteiger partial charge in [-0.25, -0.2) is 4.79 Å². The van der Waals surface area contributed by atoms with Gasteiger partial charge in [0.1, 0.15) is 0 Å². The fourth-order valence-electron chi connectivity index (χ4n) is 3.13. The van der Waals surface area contributed by atoms with Crippen molar-refractivity contribution in [3.63, 3.8) is 0 Å². The van der Waals surface area contributed by atoms with E-state index in [1.807, 2.05) is 37.4 Å². The Morgan fingerprint density at radius 3 is 2.56 bits per heavy atom. The van der Waals surface area contributed by atoms with Crippen LogP contribution in [0.25, 0.3) is 16.5 Å². The van der Waals surface area contributed by atoms with E-state index < -0.39 is 5.97 Å². The molecule has 132 valence electrons. The molecule has 0 unspecified atom stereocenters. The third-order valence-corrected chi connectivity index (χ3v) is 4.57. The van der Waals surface area contributed by atoms with E-state index in [4.69, 9.17) is 5.11 Å². The van der Waals surface area contributed by atoms with E-state index in [0.29, 0.717) is 0 Å². The van der Waals surface area contributed by atoms with E-state index in [9.17, 15) is 4.79 Å². The zero-order valence-electron chi connectivity index (χ0n) is 14.8. The Kier molecular flexibility index (Phi) is 4.30. The molecule has 0 aliphatic heterocycles. The predicted octanol–water partition coefficient (Wildman–Crippen LogP) is 5.39. The first-order chi connectivity index (χ1) is 13.1. The highest BCUT2D eigenvalue weighted by Crippen LogP contribution is 2.22. The van der Waals surface area contributed by atoms with Gasteiger partial charge in [-0.05, 0) is 65.7 Å². The second kappa shape index (κ2) is 6.92. The largest absolute Gasteiger partial charge is 0.478 e. The number of carboxylic acids is 1. The first-order valence-corrected chi connectivity index (χ1v) is 8.66. The van der Waals surface area contributed by atoms with Crippen LogP contribution in [0.2, 0.25) is 0 Å². The summed E-state index contributed by atoms with van der Waals surface area (Å²) in [5, 5.41) is 11.5. The number of aromatic nitrogens is 1. The first kappa shape index (κ1) is 16.8. The third-order valence-electron chi connectivity index (χ3n) is 4.57. The molecular weight excluding hydrogens is 336 g/mol. The Morgan fingerprint density at radius 1 is 0.963 bits per heavy atom. The minimum atomic E-state index is -0.932. The number of hydrogen-bond acceptors (Lipinski definition) is 2. The number of nitrogens with zero attached hydrogens (tertiary/aromatic N) is 2. The highest BCUT2D eigenvalue weighted by molar-refractivity contribution is 5.89. The Labute approximate surface area is 157 Å². The van der Waals surface area contributed by atoms with Crippen molar-refractivity contribution < 1.29 is 9.90 Å². The van der Waals surface area contributed by atoms with Crippen molar-refractivity contribution in [2.24, 2.45) is 4.99 Å². The van der Waals surface area contributed by atoms with Crippen LogP contribution in [0.15, 0.2) is 84.0 Å². The van der Waals surface area contributed by atoms with Crippen LogP contribution in [-0.4, -0.2) is 21.9 Å². The maximum absolute atomic E-state index is 11.1. The topological polar surface area (TPSA) is 54.6 Å². The van der Waals surface area contributed by atoms with Crippen LogP contribution in [0, 0.1) is 6.92 Å². The summed E-state index contributed by atoms with van der Waals surface area (Å²) in [6.07, 6.45) is 3.81. The number of aromatic carboxylic acids is 1. The van der Waals surface area contributed by atoms with Gasteiger partial charge in [-0.15, -0.1) is 0 Å². The Balaban J connectivity index is 1.67. The van der Waals surface area contributed by atoms with Gasteiger partial charge in [-0.1, -0.05) is 30.3 Å². The molecule has 0 spiro atoms. The molecule has 0 saturated heterocycles. The minimum Gasteiger partial charge on any atom is -0.478 e. The lowest BCUT2D eigenvalue weighted by Gasteiger charge is -2.08. The lowest BCUT2D eigenvalue weighted by Crippen LogP contribution is -1.98. The summed E-state index contributed by atoms with van der Waals surface area (Å²) in [5.74, 6) is -0.932. The number of fused-ring (bicyclic) bond motifs is 1. The minimum absolute atomic E-state index is 0.269. The molecule has 0 saturated carbocycles. The van der Waals surface area contributed by atoms with Crippen LogP contribution in [0.3, 0.4) is 0 Å². The number of hydrogen-bond donors (Lipinski definition) is 1. The normalized spacial score (nSPS) is 11.3. The molecule has 4 nitrogen and oxygen atoms in total. The Hall–Kier alpha value is -3.66. The molecule has 4 rings (SSSR count). The molecule has 1 aromatic heterocycles. The molecule has 0 bridgehead atoms. The second-order valence-corrected chi connectivity index (χ2v) is 6.40. The average Bonchev–Trinajstić information content (AvgIpc) is 3.15. The van der Waals surface area contributed by atoms with Gasteiger partial charge in [-0.3, -0.25) is 4.99 Å². The van der Waals surface area contributed by atoms with Gasteiger partial charge < -0.3 is 9.67 Å². The van der Waals surface area contributed by atoms with Crippen LogP contribution in [0.4, 0.5) is 5.69 Å². The fraction of sp³-hybridized carbons (Fsp3) is 0.0435. The molecule has 27 heavy (non-hydrogen) atoms. The molecule has 0 amide bonds. The lowest BCUT2D eigenvalue weighted by atomic mass is 10.1. The predicted molar refractivity (Wildman–Crippen MR) is 109 cm³/mol. The van der Waals surface area contributed by atoms with Gasteiger partial charge >= 0.3 is 5.97 Å². The molecule has 0 aliphatic carbocycles. The van der Waals surface area contributed by atoms with Crippen LogP contribution in [0.1, 0.15) is 21.6 Å².